The van der Waals surface area contributed by atoms with Gasteiger partial charge in [0.15, 0.2) is 9.84 Å². The summed E-state index contributed by atoms with van der Waals surface area (Å²) in [7, 11) is -2.92. The lowest BCUT2D eigenvalue weighted by molar-refractivity contribution is 0.0698. The van der Waals surface area contributed by atoms with Crippen molar-refractivity contribution < 1.29 is 18.3 Å². The SMILES string of the molecule is O=C(O)c1ccc(Cl)cc1NCC1CCS(=O)(=O)C1. The van der Waals surface area contributed by atoms with E-state index in [9.17, 15) is 13.2 Å². The summed E-state index contributed by atoms with van der Waals surface area (Å²) in [5, 5.41) is 12.5. The third kappa shape index (κ3) is 3.61. The number of halogens is 1. The number of benzene rings is 1. The molecule has 1 atom stereocenters. The summed E-state index contributed by atoms with van der Waals surface area (Å²) in [5.41, 5.74) is 0.551. The van der Waals surface area contributed by atoms with Gasteiger partial charge in [-0.2, -0.15) is 0 Å². The van der Waals surface area contributed by atoms with E-state index in [4.69, 9.17) is 16.7 Å². The predicted octanol–water partition coefficient (Wildman–Crippen LogP) is 1.88. The van der Waals surface area contributed by atoms with E-state index in [2.05, 4.69) is 5.32 Å². The third-order valence-corrected chi connectivity index (χ3v) is 5.19. The van der Waals surface area contributed by atoms with Crippen LogP contribution in [0.5, 0.6) is 0 Å². The van der Waals surface area contributed by atoms with Gasteiger partial charge >= 0.3 is 5.97 Å². The molecule has 0 aliphatic carbocycles. The second kappa shape index (κ2) is 5.38. The van der Waals surface area contributed by atoms with Crippen LogP contribution in [0.15, 0.2) is 18.2 Å². The molecule has 0 radical (unpaired) electrons. The van der Waals surface area contributed by atoms with Crippen molar-refractivity contribution in [2.75, 3.05) is 23.4 Å². The highest BCUT2D eigenvalue weighted by Crippen LogP contribution is 2.23. The van der Waals surface area contributed by atoms with Crippen molar-refractivity contribution in [1.82, 2.24) is 0 Å². The Morgan fingerprint density at radius 2 is 2.21 bits per heavy atom. The number of carboxylic acids is 1. The monoisotopic (exact) mass is 303 g/mol. The highest BCUT2D eigenvalue weighted by atomic mass is 35.5. The minimum atomic E-state index is -2.92. The Kier molecular flexibility index (Phi) is 4.01. The molecule has 2 rings (SSSR count). The number of carboxylic acid groups (broad SMARTS) is 1. The number of hydrogen-bond donors (Lipinski definition) is 2. The summed E-state index contributed by atoms with van der Waals surface area (Å²) in [4.78, 5) is 11.1. The molecule has 104 valence electrons. The first-order valence-electron chi connectivity index (χ1n) is 5.84. The highest BCUT2D eigenvalue weighted by molar-refractivity contribution is 7.91. The second-order valence-corrected chi connectivity index (χ2v) is 7.31. The zero-order valence-corrected chi connectivity index (χ0v) is 11.7. The second-order valence-electron chi connectivity index (χ2n) is 4.65. The molecule has 2 N–H and O–H groups in total. The fourth-order valence-electron chi connectivity index (χ4n) is 2.14. The first-order valence-corrected chi connectivity index (χ1v) is 8.04. The smallest absolute Gasteiger partial charge is 0.337 e. The van der Waals surface area contributed by atoms with Gasteiger partial charge in [-0.1, -0.05) is 11.6 Å². The number of sulfone groups is 1. The van der Waals surface area contributed by atoms with Crippen molar-refractivity contribution in [3.63, 3.8) is 0 Å². The van der Waals surface area contributed by atoms with Gasteiger partial charge in [0.25, 0.3) is 0 Å². The first kappa shape index (κ1) is 14.1. The van der Waals surface area contributed by atoms with Gasteiger partial charge in [-0.3, -0.25) is 0 Å². The van der Waals surface area contributed by atoms with Crippen molar-refractivity contribution in [3.05, 3.63) is 28.8 Å². The van der Waals surface area contributed by atoms with Gasteiger partial charge < -0.3 is 10.4 Å². The van der Waals surface area contributed by atoms with Gasteiger partial charge in [0.1, 0.15) is 0 Å². The lowest BCUT2D eigenvalue weighted by atomic mass is 10.1. The number of nitrogens with one attached hydrogen (secondary N) is 1. The summed E-state index contributed by atoms with van der Waals surface area (Å²) in [6.45, 7) is 0.430. The lowest BCUT2D eigenvalue weighted by Gasteiger charge is -2.13. The molecule has 1 saturated heterocycles. The molecule has 1 unspecified atom stereocenters. The number of rotatable bonds is 4. The van der Waals surface area contributed by atoms with Crippen LogP contribution in [0.25, 0.3) is 0 Å². The molecule has 1 fully saturated rings. The zero-order chi connectivity index (χ0) is 14.0. The Labute approximate surface area is 116 Å². The third-order valence-electron chi connectivity index (χ3n) is 3.12. The van der Waals surface area contributed by atoms with E-state index in [1.807, 2.05) is 0 Å². The molecule has 0 bridgehead atoms. The summed E-state index contributed by atoms with van der Waals surface area (Å²) in [6.07, 6.45) is 0.609. The maximum Gasteiger partial charge on any atom is 0.337 e. The first-order chi connectivity index (χ1) is 8.87. The molecule has 1 aromatic carbocycles. The van der Waals surface area contributed by atoms with Crippen LogP contribution in [0.1, 0.15) is 16.8 Å². The van der Waals surface area contributed by atoms with E-state index in [-0.39, 0.29) is 23.0 Å². The Hall–Kier alpha value is -1.27. The van der Waals surface area contributed by atoms with Gasteiger partial charge in [0, 0.05) is 11.6 Å². The molecule has 19 heavy (non-hydrogen) atoms. The zero-order valence-electron chi connectivity index (χ0n) is 10.1. The largest absolute Gasteiger partial charge is 0.478 e. The molecule has 7 heteroatoms. The van der Waals surface area contributed by atoms with Crippen LogP contribution in [0.3, 0.4) is 0 Å². The molecular formula is C12H14ClNO4S. The van der Waals surface area contributed by atoms with Crippen LogP contribution < -0.4 is 5.32 Å². The van der Waals surface area contributed by atoms with Gasteiger partial charge in [0.2, 0.25) is 0 Å². The van der Waals surface area contributed by atoms with Crippen molar-refractivity contribution in [2.24, 2.45) is 5.92 Å². The maximum absolute atomic E-state index is 11.3. The van der Waals surface area contributed by atoms with Gasteiger partial charge in [-0.05, 0) is 30.5 Å². The predicted molar refractivity (Wildman–Crippen MR) is 73.7 cm³/mol. The van der Waals surface area contributed by atoms with E-state index in [1.54, 1.807) is 0 Å². The quantitative estimate of drug-likeness (QED) is 0.887. The van der Waals surface area contributed by atoms with E-state index in [1.165, 1.54) is 18.2 Å². The van der Waals surface area contributed by atoms with Crippen LogP contribution in [0, 0.1) is 5.92 Å². The van der Waals surface area contributed by atoms with Crippen LogP contribution in [-0.2, 0) is 9.84 Å². The average Bonchev–Trinajstić information content (AvgIpc) is 2.66. The molecule has 1 aliphatic rings. The minimum absolute atomic E-state index is 0.0191. The standard InChI is InChI=1S/C12H14ClNO4S/c13-9-1-2-10(12(15)16)11(5-9)14-6-8-3-4-19(17,18)7-8/h1-2,5,8,14H,3-4,6-7H2,(H,15,16). The van der Waals surface area contributed by atoms with Crippen LogP contribution >= 0.6 is 11.6 Å². The summed E-state index contributed by atoms with van der Waals surface area (Å²) in [5.74, 6) is -0.659. The fourth-order valence-corrected chi connectivity index (χ4v) is 4.17. The Morgan fingerprint density at radius 1 is 1.47 bits per heavy atom. The van der Waals surface area contributed by atoms with Crippen LogP contribution in [0.2, 0.25) is 5.02 Å². The molecular weight excluding hydrogens is 290 g/mol. The summed E-state index contributed by atoms with van der Waals surface area (Å²) < 4.78 is 22.7. The minimum Gasteiger partial charge on any atom is -0.478 e. The lowest BCUT2D eigenvalue weighted by Crippen LogP contribution is -2.17. The van der Waals surface area contributed by atoms with Crippen LogP contribution in [-0.4, -0.2) is 37.5 Å². The Balaban J connectivity index is 2.07. The topological polar surface area (TPSA) is 83.5 Å². The molecule has 0 spiro atoms. The number of carbonyl (C=O) groups is 1. The summed E-state index contributed by atoms with van der Waals surface area (Å²) >= 11 is 5.83. The fraction of sp³-hybridized carbons (Fsp3) is 0.417. The Morgan fingerprint density at radius 3 is 2.79 bits per heavy atom. The van der Waals surface area contributed by atoms with Crippen LogP contribution in [0.4, 0.5) is 5.69 Å². The van der Waals surface area contributed by atoms with Crippen molar-refractivity contribution in [2.45, 2.75) is 6.42 Å². The average molecular weight is 304 g/mol. The number of hydrogen-bond acceptors (Lipinski definition) is 4. The summed E-state index contributed by atoms with van der Waals surface area (Å²) in [6, 6.07) is 4.48. The van der Waals surface area contributed by atoms with E-state index in [0.29, 0.717) is 23.7 Å². The maximum atomic E-state index is 11.3. The van der Waals surface area contributed by atoms with Gasteiger partial charge in [-0.15, -0.1) is 0 Å². The van der Waals surface area contributed by atoms with Crippen molar-refractivity contribution >= 4 is 33.1 Å². The molecule has 1 aromatic rings. The number of anilines is 1. The molecule has 0 saturated carbocycles. The van der Waals surface area contributed by atoms with Crippen molar-refractivity contribution in [1.29, 1.82) is 0 Å². The molecule has 0 aromatic heterocycles. The van der Waals surface area contributed by atoms with E-state index < -0.39 is 15.8 Å². The normalized spacial score (nSPS) is 21.2. The highest BCUT2D eigenvalue weighted by Gasteiger charge is 2.27. The van der Waals surface area contributed by atoms with Crippen molar-refractivity contribution in [3.8, 4) is 0 Å². The van der Waals surface area contributed by atoms with E-state index in [0.717, 1.165) is 0 Å². The molecule has 5 nitrogen and oxygen atoms in total. The Bertz CT molecular complexity index is 600. The molecule has 1 aliphatic heterocycles. The van der Waals surface area contributed by atoms with E-state index >= 15 is 0 Å². The van der Waals surface area contributed by atoms with Gasteiger partial charge in [0.05, 0.1) is 22.8 Å². The van der Waals surface area contributed by atoms with Gasteiger partial charge in [-0.25, -0.2) is 13.2 Å². The number of aromatic carboxylic acids is 1. The molecule has 0 amide bonds. The molecule has 1 heterocycles.